The lowest BCUT2D eigenvalue weighted by atomic mass is 10.0. The molecular weight excluding hydrogens is 761 g/mol. The molecule has 0 amide bonds. The number of benzene rings is 9. The number of nitrogens with zero attached hydrogens (tertiary/aromatic N) is 4. The van der Waals surface area contributed by atoms with Gasteiger partial charge < -0.3 is 4.90 Å². The van der Waals surface area contributed by atoms with Crippen LogP contribution in [0.3, 0.4) is 0 Å². The van der Waals surface area contributed by atoms with Gasteiger partial charge >= 0.3 is 0 Å². The van der Waals surface area contributed by atoms with Crippen molar-refractivity contribution in [1.29, 1.82) is 0 Å². The van der Waals surface area contributed by atoms with E-state index < -0.39 is 0 Å². The first-order chi connectivity index (χ1) is 30.2. The minimum absolute atomic E-state index is 0.683. The lowest BCUT2D eigenvalue weighted by molar-refractivity contribution is 1.05. The van der Waals surface area contributed by atoms with Crippen molar-refractivity contribution in [3.8, 4) is 50.7 Å². The molecule has 4 nitrogen and oxygen atoms in total. The Bertz CT molecular complexity index is 3430. The Morgan fingerprint density at radius 3 is 1.82 bits per heavy atom. The summed E-state index contributed by atoms with van der Waals surface area (Å²) in [6.45, 7) is 0. The fourth-order valence-corrected chi connectivity index (χ4v) is 9.98. The summed E-state index contributed by atoms with van der Waals surface area (Å²) in [6.07, 6.45) is 0. The maximum absolute atomic E-state index is 5.38. The molecule has 0 unspecified atom stereocenters. The molecule has 2 aromatic heterocycles. The van der Waals surface area contributed by atoms with E-state index in [1.165, 1.54) is 53.8 Å². The fraction of sp³-hybridized carbons (Fsp3) is 0. The van der Waals surface area contributed by atoms with Gasteiger partial charge in [-0.25, -0.2) is 9.97 Å². The average molecular weight is 797 g/mol. The number of hydrogen-bond donors (Lipinski definition) is 0. The van der Waals surface area contributed by atoms with Gasteiger partial charge in [-0.2, -0.15) is 0 Å². The highest BCUT2D eigenvalue weighted by atomic mass is 32.2. The molecule has 286 valence electrons. The van der Waals surface area contributed by atoms with E-state index in [2.05, 4.69) is 210 Å². The summed E-state index contributed by atoms with van der Waals surface area (Å²) in [6, 6.07) is 78.0. The molecular formula is C56H36N4S. The molecule has 0 bridgehead atoms. The highest BCUT2D eigenvalue weighted by Crippen LogP contribution is 2.52. The van der Waals surface area contributed by atoms with E-state index in [9.17, 15) is 0 Å². The van der Waals surface area contributed by atoms with Gasteiger partial charge in [0, 0.05) is 43.4 Å². The lowest BCUT2D eigenvalue weighted by Crippen LogP contribution is -2.14. The predicted molar refractivity (Wildman–Crippen MR) is 254 cm³/mol. The summed E-state index contributed by atoms with van der Waals surface area (Å²) < 4.78 is 2.34. The van der Waals surface area contributed by atoms with Crippen LogP contribution in [0.4, 0.5) is 17.1 Å². The minimum atomic E-state index is 0.683. The zero-order valence-electron chi connectivity index (χ0n) is 33.0. The van der Waals surface area contributed by atoms with Crippen LogP contribution in [0, 0.1) is 0 Å². The lowest BCUT2D eigenvalue weighted by Gasteiger charge is -2.33. The smallest absolute Gasteiger partial charge is 0.162 e. The Morgan fingerprint density at radius 1 is 0.377 bits per heavy atom. The van der Waals surface area contributed by atoms with Gasteiger partial charge in [-0.1, -0.05) is 176 Å². The van der Waals surface area contributed by atoms with E-state index in [1.807, 2.05) is 30.0 Å². The van der Waals surface area contributed by atoms with Crippen molar-refractivity contribution >= 4 is 61.4 Å². The van der Waals surface area contributed by atoms with Crippen LogP contribution in [-0.4, -0.2) is 14.5 Å². The van der Waals surface area contributed by atoms with E-state index in [0.717, 1.165) is 50.5 Å². The monoisotopic (exact) mass is 796 g/mol. The highest BCUT2D eigenvalue weighted by Gasteiger charge is 2.25. The number of para-hydroxylation sites is 2. The number of fused-ring (bicyclic) bond motifs is 7. The molecule has 61 heavy (non-hydrogen) atoms. The first kappa shape index (κ1) is 35.2. The van der Waals surface area contributed by atoms with Crippen LogP contribution in [0.25, 0.3) is 83.3 Å². The molecule has 12 rings (SSSR count). The van der Waals surface area contributed by atoms with E-state index >= 15 is 0 Å². The highest BCUT2D eigenvalue weighted by molar-refractivity contribution is 7.99. The van der Waals surface area contributed by atoms with Crippen molar-refractivity contribution in [1.82, 2.24) is 14.5 Å². The Labute approximate surface area is 358 Å². The van der Waals surface area contributed by atoms with Gasteiger partial charge in [-0.3, -0.25) is 4.57 Å². The van der Waals surface area contributed by atoms with E-state index in [1.54, 1.807) is 0 Å². The largest absolute Gasteiger partial charge is 0.308 e. The topological polar surface area (TPSA) is 34.0 Å². The van der Waals surface area contributed by atoms with Crippen molar-refractivity contribution in [2.24, 2.45) is 0 Å². The minimum Gasteiger partial charge on any atom is -0.308 e. The summed E-state index contributed by atoms with van der Waals surface area (Å²) in [5, 5.41) is 4.82. The Kier molecular flexibility index (Phi) is 8.39. The van der Waals surface area contributed by atoms with Gasteiger partial charge in [0.05, 0.1) is 28.1 Å². The zero-order chi connectivity index (χ0) is 40.3. The second-order valence-corrected chi connectivity index (χ2v) is 16.5. The van der Waals surface area contributed by atoms with Crippen molar-refractivity contribution in [2.75, 3.05) is 4.90 Å². The summed E-state index contributed by atoms with van der Waals surface area (Å²) in [5.41, 5.74) is 13.2. The van der Waals surface area contributed by atoms with E-state index in [-0.39, 0.29) is 0 Å². The molecule has 0 N–H and O–H groups in total. The molecule has 11 aromatic rings. The second kappa shape index (κ2) is 14.5. The molecule has 0 fully saturated rings. The van der Waals surface area contributed by atoms with Crippen molar-refractivity contribution in [3.63, 3.8) is 0 Å². The van der Waals surface area contributed by atoms with Gasteiger partial charge in [0.25, 0.3) is 0 Å². The maximum Gasteiger partial charge on any atom is 0.162 e. The third-order valence-corrected chi connectivity index (χ3v) is 12.9. The van der Waals surface area contributed by atoms with Gasteiger partial charge in [0.1, 0.15) is 5.82 Å². The fourth-order valence-electron chi connectivity index (χ4n) is 8.88. The molecule has 0 aliphatic carbocycles. The number of anilines is 3. The maximum atomic E-state index is 5.38. The van der Waals surface area contributed by atoms with Gasteiger partial charge in [-0.05, 0) is 81.6 Å². The van der Waals surface area contributed by atoms with E-state index in [0.29, 0.717) is 5.82 Å². The second-order valence-electron chi connectivity index (χ2n) is 15.4. The molecule has 0 spiro atoms. The molecule has 3 heterocycles. The van der Waals surface area contributed by atoms with Crippen molar-refractivity contribution in [3.05, 3.63) is 218 Å². The van der Waals surface area contributed by atoms with E-state index in [4.69, 9.17) is 9.97 Å². The molecule has 0 atom stereocenters. The van der Waals surface area contributed by atoms with Gasteiger partial charge in [-0.15, -0.1) is 0 Å². The molecule has 0 radical (unpaired) electrons. The van der Waals surface area contributed by atoms with Gasteiger partial charge in [0.15, 0.2) is 5.82 Å². The first-order valence-corrected chi connectivity index (χ1v) is 21.4. The third-order valence-electron chi connectivity index (χ3n) is 11.8. The SMILES string of the molecule is c1ccc(-c2ccc(-c3cc(-n4c5cc(-c6ccc7c(c6)Sc6ccccc6N7c6ccccc6)ccc5c5c6ccccc6ccc54)nc(-c4ccccc4)n3)cc2)cc1. The molecule has 1 aliphatic rings. The predicted octanol–water partition coefficient (Wildman–Crippen LogP) is 15.3. The van der Waals surface area contributed by atoms with Crippen LogP contribution in [0.5, 0.6) is 0 Å². The number of rotatable bonds is 6. The molecule has 0 saturated heterocycles. The zero-order valence-corrected chi connectivity index (χ0v) is 33.8. The molecule has 5 heteroatoms. The number of hydrogen-bond acceptors (Lipinski definition) is 4. The molecule has 9 aromatic carbocycles. The summed E-state index contributed by atoms with van der Waals surface area (Å²) in [4.78, 5) is 15.4. The first-order valence-electron chi connectivity index (χ1n) is 20.6. The average Bonchev–Trinajstić information content (AvgIpc) is 3.68. The Morgan fingerprint density at radius 2 is 1.00 bits per heavy atom. The van der Waals surface area contributed by atoms with Crippen LogP contribution in [0.2, 0.25) is 0 Å². The molecule has 1 aliphatic heterocycles. The normalized spacial score (nSPS) is 12.2. The van der Waals surface area contributed by atoms with Crippen molar-refractivity contribution < 1.29 is 0 Å². The summed E-state index contributed by atoms with van der Waals surface area (Å²) in [5.74, 6) is 1.50. The van der Waals surface area contributed by atoms with Crippen LogP contribution in [0.1, 0.15) is 0 Å². The van der Waals surface area contributed by atoms with Crippen LogP contribution >= 0.6 is 11.8 Å². The van der Waals surface area contributed by atoms with Gasteiger partial charge in [0.2, 0.25) is 0 Å². The van der Waals surface area contributed by atoms with Crippen LogP contribution in [0.15, 0.2) is 228 Å². The summed E-state index contributed by atoms with van der Waals surface area (Å²) in [7, 11) is 0. The Hall–Kier alpha value is -7.73. The molecule has 0 saturated carbocycles. The van der Waals surface area contributed by atoms with Crippen molar-refractivity contribution in [2.45, 2.75) is 9.79 Å². The standard InChI is InChI=1S/C56H36N4S/c1-4-14-37(15-5-1)38-24-26-40(27-25-38)47-36-54(58-56(57-47)41-17-6-2-7-18-41)60-50-33-29-39-16-10-11-21-45(39)55(50)46-31-28-42(34-51(46)60)43-30-32-49-53(35-43)61-52-23-13-12-22-48(52)59(49)44-19-8-3-9-20-44/h1-36H. The number of aromatic nitrogens is 3. The summed E-state index contributed by atoms with van der Waals surface area (Å²) >= 11 is 1.83. The van der Waals surface area contributed by atoms with Crippen LogP contribution in [-0.2, 0) is 0 Å². The third kappa shape index (κ3) is 6.09. The van der Waals surface area contributed by atoms with Crippen LogP contribution < -0.4 is 4.90 Å². The quantitative estimate of drug-likeness (QED) is 0.168. The Balaban J connectivity index is 1.06.